The molecule has 0 fully saturated rings. The maximum atomic E-state index is 10.8. The van der Waals surface area contributed by atoms with E-state index in [1.165, 1.54) is 31.5 Å². The van der Waals surface area contributed by atoms with Crippen LogP contribution in [-0.4, -0.2) is 28.3 Å². The number of rotatable bonds is 6. The lowest BCUT2D eigenvalue weighted by atomic mass is 10.1. The van der Waals surface area contributed by atoms with Gasteiger partial charge in [-0.1, -0.05) is 0 Å². The van der Waals surface area contributed by atoms with Gasteiger partial charge in [-0.25, -0.2) is 4.98 Å². The van der Waals surface area contributed by atoms with Gasteiger partial charge < -0.3 is 9.84 Å². The molecule has 0 aliphatic carbocycles. The molecule has 0 aliphatic heterocycles. The van der Waals surface area contributed by atoms with Gasteiger partial charge in [-0.2, -0.15) is 10.4 Å². The predicted octanol–water partition coefficient (Wildman–Crippen LogP) is 2.47. The Balaban J connectivity index is 2.27. The van der Waals surface area contributed by atoms with Crippen LogP contribution < -0.4 is 5.43 Å². The van der Waals surface area contributed by atoms with Crippen LogP contribution in [0.25, 0.3) is 0 Å². The van der Waals surface area contributed by atoms with Crippen molar-refractivity contribution in [3.8, 4) is 11.8 Å². The van der Waals surface area contributed by atoms with E-state index in [0.29, 0.717) is 22.4 Å². The molecule has 9 heteroatoms. The van der Waals surface area contributed by atoms with Crippen molar-refractivity contribution in [2.75, 3.05) is 12.5 Å². The van der Waals surface area contributed by atoms with Gasteiger partial charge in [-0.15, -0.1) is 0 Å². The third-order valence-corrected chi connectivity index (χ3v) is 3.22. The van der Waals surface area contributed by atoms with E-state index in [2.05, 4.69) is 21.6 Å². The highest BCUT2D eigenvalue weighted by Gasteiger charge is 2.13. The maximum Gasteiger partial charge on any atom is 0.311 e. The minimum atomic E-state index is -0.687. The lowest BCUT2D eigenvalue weighted by Gasteiger charge is -2.09. The molecule has 1 aromatic carbocycles. The smallest absolute Gasteiger partial charge is 0.311 e. The molecule has 0 spiro atoms. The standard InChI is InChI=1S/C16H15N5O4/c1-10-5-12(9-25-2)13(7-17)16(19-10)20-18-8-11-3-4-15(22)14(6-11)21(23)24/h3-6,8,22H,9H2,1-2H3,(H,19,20)/b18-8-. The minimum Gasteiger partial charge on any atom is -0.502 e. The van der Waals surface area contributed by atoms with E-state index < -0.39 is 16.4 Å². The summed E-state index contributed by atoms with van der Waals surface area (Å²) >= 11 is 0. The van der Waals surface area contributed by atoms with Crippen LogP contribution in [0, 0.1) is 28.4 Å². The van der Waals surface area contributed by atoms with E-state index in [0.717, 1.165) is 0 Å². The van der Waals surface area contributed by atoms with Gasteiger partial charge in [0.1, 0.15) is 11.6 Å². The normalized spacial score (nSPS) is 10.6. The average Bonchev–Trinajstić information content (AvgIpc) is 2.56. The molecule has 2 rings (SSSR count). The number of nitrogens with one attached hydrogen (secondary N) is 1. The Morgan fingerprint density at radius 2 is 2.28 bits per heavy atom. The summed E-state index contributed by atoms with van der Waals surface area (Å²) in [6, 6.07) is 7.67. The van der Waals surface area contributed by atoms with Gasteiger partial charge >= 0.3 is 5.69 Å². The number of methoxy groups -OCH3 is 1. The number of pyridine rings is 1. The molecule has 0 aliphatic rings. The summed E-state index contributed by atoms with van der Waals surface area (Å²) in [7, 11) is 1.53. The number of aromatic hydroxyl groups is 1. The molecule has 2 aromatic rings. The second-order valence-corrected chi connectivity index (χ2v) is 5.07. The second kappa shape index (κ2) is 7.85. The molecule has 0 saturated carbocycles. The number of nitro groups is 1. The number of hydrazone groups is 1. The van der Waals surface area contributed by atoms with Gasteiger partial charge in [0.25, 0.3) is 0 Å². The fourth-order valence-electron chi connectivity index (χ4n) is 2.15. The lowest BCUT2D eigenvalue weighted by molar-refractivity contribution is -0.385. The number of phenols is 1. The largest absolute Gasteiger partial charge is 0.502 e. The van der Waals surface area contributed by atoms with Gasteiger partial charge in [0.05, 0.1) is 17.7 Å². The minimum absolute atomic E-state index is 0.259. The third-order valence-electron chi connectivity index (χ3n) is 3.22. The molecule has 1 aromatic heterocycles. The first kappa shape index (κ1) is 17.8. The van der Waals surface area contributed by atoms with Crippen molar-refractivity contribution >= 4 is 17.7 Å². The van der Waals surface area contributed by atoms with Crippen molar-refractivity contribution in [3.05, 3.63) is 56.8 Å². The Bertz CT molecular complexity index is 874. The van der Waals surface area contributed by atoms with Crippen molar-refractivity contribution in [3.63, 3.8) is 0 Å². The molecule has 128 valence electrons. The fraction of sp³-hybridized carbons (Fsp3) is 0.188. The van der Waals surface area contributed by atoms with Gasteiger partial charge in [-0.05, 0) is 25.1 Å². The molecule has 1 heterocycles. The highest BCUT2D eigenvalue weighted by atomic mass is 16.6. The summed E-state index contributed by atoms with van der Waals surface area (Å²) in [6.45, 7) is 2.04. The molecule has 0 atom stereocenters. The highest BCUT2D eigenvalue weighted by molar-refractivity contribution is 5.82. The molecule has 0 radical (unpaired) electrons. The lowest BCUT2D eigenvalue weighted by Crippen LogP contribution is -2.03. The van der Waals surface area contributed by atoms with Gasteiger partial charge in [-0.3, -0.25) is 15.5 Å². The van der Waals surface area contributed by atoms with E-state index in [-0.39, 0.29) is 12.4 Å². The summed E-state index contributed by atoms with van der Waals surface area (Å²) in [5.74, 6) is -0.162. The molecule has 0 amide bonds. The Hall–Kier alpha value is -3.51. The first-order valence-corrected chi connectivity index (χ1v) is 7.12. The maximum absolute atomic E-state index is 10.8. The molecule has 2 N–H and O–H groups in total. The van der Waals surface area contributed by atoms with Gasteiger partial charge in [0, 0.05) is 30.0 Å². The quantitative estimate of drug-likeness (QED) is 0.468. The number of nitro benzene ring substituents is 1. The predicted molar refractivity (Wildman–Crippen MR) is 90.4 cm³/mol. The monoisotopic (exact) mass is 341 g/mol. The van der Waals surface area contributed by atoms with Crippen molar-refractivity contribution < 1.29 is 14.8 Å². The van der Waals surface area contributed by atoms with Crippen molar-refractivity contribution in [1.29, 1.82) is 5.26 Å². The van der Waals surface area contributed by atoms with Crippen LogP contribution in [0.1, 0.15) is 22.4 Å². The Morgan fingerprint density at radius 1 is 1.52 bits per heavy atom. The van der Waals surface area contributed by atoms with Gasteiger partial charge in [0.15, 0.2) is 11.6 Å². The average molecular weight is 341 g/mol. The first-order valence-electron chi connectivity index (χ1n) is 7.12. The van der Waals surface area contributed by atoms with Crippen LogP contribution >= 0.6 is 0 Å². The number of nitrogens with zero attached hydrogens (tertiary/aromatic N) is 4. The summed E-state index contributed by atoms with van der Waals surface area (Å²) in [4.78, 5) is 14.4. The van der Waals surface area contributed by atoms with E-state index in [1.54, 1.807) is 13.0 Å². The number of phenolic OH excluding ortho intramolecular Hbond substituents is 1. The molecule has 0 unspecified atom stereocenters. The third kappa shape index (κ3) is 4.27. The number of nitriles is 1. The number of hydrogen-bond acceptors (Lipinski definition) is 8. The number of aryl methyl sites for hydroxylation is 1. The van der Waals surface area contributed by atoms with Crippen LogP contribution in [0.4, 0.5) is 11.5 Å². The van der Waals surface area contributed by atoms with Crippen LogP contribution in [-0.2, 0) is 11.3 Å². The number of benzene rings is 1. The van der Waals surface area contributed by atoms with E-state index in [4.69, 9.17) is 4.74 Å². The number of aromatic nitrogens is 1. The fourth-order valence-corrected chi connectivity index (χ4v) is 2.15. The van der Waals surface area contributed by atoms with Crippen LogP contribution in [0.2, 0.25) is 0 Å². The van der Waals surface area contributed by atoms with E-state index in [1.807, 2.05) is 0 Å². The van der Waals surface area contributed by atoms with Crippen molar-refractivity contribution in [2.24, 2.45) is 5.10 Å². The Morgan fingerprint density at radius 3 is 2.92 bits per heavy atom. The van der Waals surface area contributed by atoms with Crippen LogP contribution in [0.3, 0.4) is 0 Å². The molecule has 0 bridgehead atoms. The van der Waals surface area contributed by atoms with Gasteiger partial charge in [0.2, 0.25) is 0 Å². The zero-order chi connectivity index (χ0) is 18.4. The van der Waals surface area contributed by atoms with Crippen molar-refractivity contribution in [1.82, 2.24) is 4.98 Å². The second-order valence-electron chi connectivity index (χ2n) is 5.07. The Labute approximate surface area is 143 Å². The van der Waals surface area contributed by atoms with Crippen LogP contribution in [0.15, 0.2) is 29.4 Å². The van der Waals surface area contributed by atoms with E-state index >= 15 is 0 Å². The highest BCUT2D eigenvalue weighted by Crippen LogP contribution is 2.25. The molecular formula is C16H15N5O4. The Kier molecular flexibility index (Phi) is 5.60. The summed E-state index contributed by atoms with van der Waals surface area (Å²) < 4.78 is 5.07. The molecule has 9 nitrogen and oxygen atoms in total. The molecule has 25 heavy (non-hydrogen) atoms. The molecule has 0 saturated heterocycles. The molecular weight excluding hydrogens is 326 g/mol. The zero-order valence-corrected chi connectivity index (χ0v) is 13.6. The van der Waals surface area contributed by atoms with Crippen LogP contribution in [0.5, 0.6) is 5.75 Å². The summed E-state index contributed by atoms with van der Waals surface area (Å²) in [6.07, 6.45) is 1.33. The number of hydrogen-bond donors (Lipinski definition) is 2. The zero-order valence-electron chi connectivity index (χ0n) is 13.6. The first-order chi connectivity index (χ1) is 12.0. The summed E-state index contributed by atoms with van der Waals surface area (Å²) in [5.41, 5.74) is 4.32. The number of ether oxygens (including phenoxy) is 1. The SMILES string of the molecule is COCc1cc(C)nc(N/N=C\c2ccc(O)c([N+](=O)[O-])c2)c1C#N. The number of anilines is 1. The van der Waals surface area contributed by atoms with Crippen molar-refractivity contribution in [2.45, 2.75) is 13.5 Å². The summed E-state index contributed by atoms with van der Waals surface area (Å²) in [5, 5.41) is 33.5. The topological polar surface area (TPSA) is 134 Å². The van der Waals surface area contributed by atoms with E-state index in [9.17, 15) is 20.5 Å².